The maximum atomic E-state index is 11.3. The molecular formula is C19H14N4O4. The van der Waals surface area contributed by atoms with Crippen LogP contribution < -0.4 is 10.5 Å². The Morgan fingerprint density at radius 2 is 2.19 bits per heavy atom. The minimum Gasteiger partial charge on any atom is -0.478 e. The number of aromatic nitrogens is 2. The van der Waals surface area contributed by atoms with Crippen LogP contribution in [-0.4, -0.2) is 20.9 Å². The van der Waals surface area contributed by atoms with Crippen molar-refractivity contribution >= 4 is 5.97 Å². The Balaban J connectivity index is 1.94. The summed E-state index contributed by atoms with van der Waals surface area (Å²) < 4.78 is 12.7. The van der Waals surface area contributed by atoms with Gasteiger partial charge in [-0.3, -0.25) is 0 Å². The highest BCUT2D eigenvalue weighted by Crippen LogP contribution is 2.44. The second-order valence-electron chi connectivity index (χ2n) is 6.01. The molecular weight excluding hydrogens is 348 g/mol. The van der Waals surface area contributed by atoms with Gasteiger partial charge in [0.05, 0.1) is 34.7 Å². The van der Waals surface area contributed by atoms with Crippen LogP contribution in [0, 0.1) is 18.3 Å². The number of hydrogen-bond donors (Lipinski definition) is 2. The van der Waals surface area contributed by atoms with E-state index < -0.39 is 11.9 Å². The highest BCUT2D eigenvalue weighted by Gasteiger charge is 2.37. The molecule has 8 nitrogen and oxygen atoms in total. The number of carboxylic acid groups (broad SMARTS) is 1. The van der Waals surface area contributed by atoms with E-state index >= 15 is 0 Å². The smallest absolute Gasteiger partial charge is 0.335 e. The monoisotopic (exact) mass is 362 g/mol. The molecule has 1 aliphatic heterocycles. The lowest BCUT2D eigenvalue weighted by molar-refractivity contribution is 0.0697. The van der Waals surface area contributed by atoms with E-state index in [1.807, 2.05) is 0 Å². The molecule has 27 heavy (non-hydrogen) atoms. The average Bonchev–Trinajstić information content (AvgIpc) is 3.29. The van der Waals surface area contributed by atoms with Crippen molar-refractivity contribution in [2.45, 2.75) is 12.8 Å². The van der Waals surface area contributed by atoms with Crippen molar-refractivity contribution in [3.63, 3.8) is 0 Å². The van der Waals surface area contributed by atoms with Crippen molar-refractivity contribution in [2.75, 3.05) is 0 Å². The predicted molar refractivity (Wildman–Crippen MR) is 93.3 cm³/mol. The van der Waals surface area contributed by atoms with Crippen molar-refractivity contribution < 1.29 is 19.1 Å². The zero-order valence-electron chi connectivity index (χ0n) is 14.2. The highest BCUT2D eigenvalue weighted by atomic mass is 16.5. The molecule has 1 aromatic carbocycles. The topological polar surface area (TPSA) is 127 Å². The Bertz CT molecular complexity index is 1120. The first-order valence-corrected chi connectivity index (χ1v) is 8.05. The van der Waals surface area contributed by atoms with Crippen LogP contribution in [0.1, 0.15) is 33.3 Å². The number of carbonyl (C=O) groups is 1. The number of ether oxygens (including phenoxy) is 1. The van der Waals surface area contributed by atoms with E-state index in [-0.39, 0.29) is 17.0 Å². The number of aromatic carboxylic acids is 1. The largest absolute Gasteiger partial charge is 0.478 e. The maximum Gasteiger partial charge on any atom is 0.335 e. The van der Waals surface area contributed by atoms with Gasteiger partial charge >= 0.3 is 5.97 Å². The van der Waals surface area contributed by atoms with Gasteiger partial charge in [-0.15, -0.1) is 0 Å². The third kappa shape index (κ3) is 2.53. The van der Waals surface area contributed by atoms with Crippen molar-refractivity contribution in [1.82, 2.24) is 9.78 Å². The van der Waals surface area contributed by atoms with E-state index in [0.29, 0.717) is 28.6 Å². The molecule has 8 heteroatoms. The van der Waals surface area contributed by atoms with Gasteiger partial charge < -0.3 is 20.0 Å². The van der Waals surface area contributed by atoms with Crippen LogP contribution in [0.25, 0.3) is 5.69 Å². The van der Waals surface area contributed by atoms with E-state index in [9.17, 15) is 15.2 Å². The van der Waals surface area contributed by atoms with Crippen molar-refractivity contribution in [3.05, 3.63) is 76.7 Å². The van der Waals surface area contributed by atoms with Crippen LogP contribution >= 0.6 is 0 Å². The predicted octanol–water partition coefficient (Wildman–Crippen LogP) is 2.69. The maximum absolute atomic E-state index is 11.3. The van der Waals surface area contributed by atoms with E-state index in [0.717, 1.165) is 0 Å². The number of aryl methyl sites for hydroxylation is 1. The number of furan rings is 1. The van der Waals surface area contributed by atoms with Crippen molar-refractivity contribution in [1.29, 1.82) is 5.26 Å². The Hall–Kier alpha value is -3.99. The number of fused-ring (bicyclic) bond motifs is 1. The minimum absolute atomic E-state index is 0.0399. The van der Waals surface area contributed by atoms with Crippen LogP contribution in [-0.2, 0) is 0 Å². The minimum atomic E-state index is -1.05. The number of allylic oxidation sites excluding steroid dienone is 1. The van der Waals surface area contributed by atoms with E-state index in [1.54, 1.807) is 31.2 Å². The normalized spacial score (nSPS) is 15.8. The molecule has 0 fully saturated rings. The van der Waals surface area contributed by atoms with Crippen LogP contribution in [0.3, 0.4) is 0 Å². The second-order valence-corrected chi connectivity index (χ2v) is 6.01. The van der Waals surface area contributed by atoms with Gasteiger partial charge in [0.15, 0.2) is 0 Å². The summed E-state index contributed by atoms with van der Waals surface area (Å²) in [6.45, 7) is 1.78. The SMILES string of the molecule is Cc1nn(-c2cccc(C(=O)O)c2)c2c1C(c1ccco1)C(C#N)=C(N)O2. The molecule has 2 aromatic heterocycles. The fourth-order valence-corrected chi connectivity index (χ4v) is 3.20. The first kappa shape index (κ1) is 16.5. The lowest BCUT2D eigenvalue weighted by Gasteiger charge is -2.23. The van der Waals surface area contributed by atoms with Gasteiger partial charge in [-0.25, -0.2) is 9.48 Å². The lowest BCUT2D eigenvalue weighted by Crippen LogP contribution is -2.21. The standard InChI is InChI=1S/C19H14N4O4/c1-10-15-16(14-6-3-7-26-14)13(9-20)17(21)27-18(15)23(22-10)12-5-2-4-11(8-12)19(24)25/h2-8,16H,21H2,1H3,(H,24,25). The molecule has 1 unspecified atom stereocenters. The Morgan fingerprint density at radius 1 is 1.37 bits per heavy atom. The summed E-state index contributed by atoms with van der Waals surface area (Å²) in [5.41, 5.74) is 8.12. The molecule has 0 amide bonds. The van der Waals surface area contributed by atoms with E-state index in [2.05, 4.69) is 11.2 Å². The fraction of sp³-hybridized carbons (Fsp3) is 0.105. The Labute approximate surface area is 153 Å². The molecule has 0 bridgehead atoms. The fourth-order valence-electron chi connectivity index (χ4n) is 3.20. The molecule has 0 aliphatic carbocycles. The molecule has 0 spiro atoms. The number of nitrogens with two attached hydrogens (primary N) is 1. The van der Waals surface area contributed by atoms with Gasteiger partial charge in [-0.1, -0.05) is 6.07 Å². The summed E-state index contributed by atoms with van der Waals surface area (Å²) in [6, 6.07) is 11.9. The number of rotatable bonds is 3. The molecule has 3 aromatic rings. The van der Waals surface area contributed by atoms with E-state index in [4.69, 9.17) is 14.9 Å². The molecule has 1 aliphatic rings. The molecule has 3 heterocycles. The zero-order valence-corrected chi connectivity index (χ0v) is 14.2. The van der Waals surface area contributed by atoms with Gasteiger partial charge in [0.25, 0.3) is 0 Å². The summed E-state index contributed by atoms with van der Waals surface area (Å²) in [6.07, 6.45) is 1.52. The Kier molecular flexibility index (Phi) is 3.70. The summed E-state index contributed by atoms with van der Waals surface area (Å²) in [5, 5.41) is 23.3. The van der Waals surface area contributed by atoms with Gasteiger partial charge in [0.2, 0.25) is 11.8 Å². The number of nitrogens with zero attached hydrogens (tertiary/aromatic N) is 3. The summed E-state index contributed by atoms with van der Waals surface area (Å²) in [5.74, 6) is -0.767. The second kappa shape index (κ2) is 6.07. The number of nitriles is 1. The molecule has 0 saturated heterocycles. The van der Waals surface area contributed by atoms with Crippen LogP contribution in [0.15, 0.2) is 58.5 Å². The first-order chi connectivity index (χ1) is 13.0. The third-order valence-corrected chi connectivity index (χ3v) is 4.40. The van der Waals surface area contributed by atoms with Gasteiger partial charge in [0, 0.05) is 0 Å². The Morgan fingerprint density at radius 3 is 2.85 bits per heavy atom. The van der Waals surface area contributed by atoms with Crippen LogP contribution in [0.5, 0.6) is 5.88 Å². The van der Waals surface area contributed by atoms with Crippen molar-refractivity contribution in [2.24, 2.45) is 5.73 Å². The first-order valence-electron chi connectivity index (χ1n) is 8.05. The van der Waals surface area contributed by atoms with Crippen LogP contribution in [0.2, 0.25) is 0 Å². The quantitative estimate of drug-likeness (QED) is 0.733. The summed E-state index contributed by atoms with van der Waals surface area (Å²) in [4.78, 5) is 11.3. The highest BCUT2D eigenvalue weighted by molar-refractivity contribution is 5.88. The molecule has 134 valence electrons. The molecule has 0 saturated carbocycles. The molecule has 4 rings (SSSR count). The number of benzene rings is 1. The van der Waals surface area contributed by atoms with Crippen molar-refractivity contribution in [3.8, 4) is 17.6 Å². The third-order valence-electron chi connectivity index (χ3n) is 4.40. The average molecular weight is 362 g/mol. The van der Waals surface area contributed by atoms with Gasteiger partial charge in [0.1, 0.15) is 17.4 Å². The van der Waals surface area contributed by atoms with E-state index in [1.165, 1.54) is 23.1 Å². The molecule has 0 radical (unpaired) electrons. The molecule has 3 N–H and O–H groups in total. The summed E-state index contributed by atoms with van der Waals surface area (Å²) >= 11 is 0. The number of carboxylic acids is 1. The molecule has 1 atom stereocenters. The van der Waals surface area contributed by atoms with Crippen LogP contribution in [0.4, 0.5) is 0 Å². The van der Waals surface area contributed by atoms with Gasteiger partial charge in [-0.05, 0) is 37.3 Å². The zero-order chi connectivity index (χ0) is 19.1. The van der Waals surface area contributed by atoms with Gasteiger partial charge in [-0.2, -0.15) is 10.4 Å². The lowest BCUT2D eigenvalue weighted by atomic mass is 9.88. The number of hydrogen-bond acceptors (Lipinski definition) is 6. The summed E-state index contributed by atoms with van der Waals surface area (Å²) in [7, 11) is 0.